The van der Waals surface area contributed by atoms with Gasteiger partial charge in [-0.05, 0) is 31.2 Å². The molecule has 0 spiro atoms. The Morgan fingerprint density at radius 3 is 3.06 bits per heavy atom. The zero-order valence-electron chi connectivity index (χ0n) is 10.2. The van der Waals surface area contributed by atoms with Crippen LogP contribution >= 0.6 is 0 Å². The van der Waals surface area contributed by atoms with Gasteiger partial charge in [0.25, 0.3) is 0 Å². The monoisotopic (exact) mass is 230 g/mol. The van der Waals surface area contributed by atoms with Gasteiger partial charge >= 0.3 is 0 Å². The highest BCUT2D eigenvalue weighted by molar-refractivity contribution is 5.58. The van der Waals surface area contributed by atoms with Gasteiger partial charge in [-0.1, -0.05) is 6.92 Å². The van der Waals surface area contributed by atoms with Gasteiger partial charge in [0.15, 0.2) is 0 Å². The highest BCUT2D eigenvalue weighted by Crippen LogP contribution is 2.24. The molecule has 1 aliphatic heterocycles. The molecule has 2 N–H and O–H groups in total. The van der Waals surface area contributed by atoms with Gasteiger partial charge in [0.05, 0.1) is 17.4 Å². The average molecular weight is 230 g/mol. The van der Waals surface area contributed by atoms with E-state index < -0.39 is 0 Å². The molecule has 4 nitrogen and oxygen atoms in total. The second-order valence-corrected chi connectivity index (χ2v) is 4.77. The molecule has 17 heavy (non-hydrogen) atoms. The SMILES string of the molecule is CC1CCCN(c2ncc(N)cc2C#N)CC1. The van der Waals surface area contributed by atoms with E-state index in [9.17, 15) is 0 Å². The van der Waals surface area contributed by atoms with Gasteiger partial charge in [-0.25, -0.2) is 4.98 Å². The summed E-state index contributed by atoms with van der Waals surface area (Å²) in [5.41, 5.74) is 6.79. The van der Waals surface area contributed by atoms with Crippen molar-refractivity contribution in [1.82, 2.24) is 4.98 Å². The molecule has 1 saturated heterocycles. The van der Waals surface area contributed by atoms with Crippen molar-refractivity contribution >= 4 is 11.5 Å². The molecular weight excluding hydrogens is 212 g/mol. The maximum absolute atomic E-state index is 9.12. The summed E-state index contributed by atoms with van der Waals surface area (Å²) in [6, 6.07) is 3.89. The highest BCUT2D eigenvalue weighted by atomic mass is 15.2. The Hall–Kier alpha value is -1.76. The van der Waals surface area contributed by atoms with Crippen LogP contribution in [-0.4, -0.2) is 18.1 Å². The van der Waals surface area contributed by atoms with Crippen molar-refractivity contribution in [3.63, 3.8) is 0 Å². The molecule has 1 aromatic heterocycles. The Kier molecular flexibility index (Phi) is 3.48. The third-order valence-electron chi connectivity index (χ3n) is 3.32. The molecule has 1 fully saturated rings. The highest BCUT2D eigenvalue weighted by Gasteiger charge is 2.17. The fourth-order valence-corrected chi connectivity index (χ4v) is 2.28. The molecule has 4 heteroatoms. The van der Waals surface area contributed by atoms with E-state index in [-0.39, 0.29) is 0 Å². The number of nitrogen functional groups attached to an aromatic ring is 1. The number of nitrogens with two attached hydrogens (primary N) is 1. The second-order valence-electron chi connectivity index (χ2n) is 4.77. The first kappa shape index (κ1) is 11.7. The third kappa shape index (κ3) is 2.68. The van der Waals surface area contributed by atoms with E-state index in [2.05, 4.69) is 22.9 Å². The first-order valence-corrected chi connectivity index (χ1v) is 6.11. The minimum atomic E-state index is 0.550. The largest absolute Gasteiger partial charge is 0.397 e. The summed E-state index contributed by atoms with van der Waals surface area (Å²) in [5.74, 6) is 1.55. The molecule has 1 unspecified atom stereocenters. The number of anilines is 2. The average Bonchev–Trinajstić information content (AvgIpc) is 2.54. The van der Waals surface area contributed by atoms with Crippen LogP contribution in [0.2, 0.25) is 0 Å². The summed E-state index contributed by atoms with van der Waals surface area (Å²) in [7, 11) is 0. The van der Waals surface area contributed by atoms with Crippen molar-refractivity contribution in [3.05, 3.63) is 17.8 Å². The van der Waals surface area contributed by atoms with Crippen molar-refractivity contribution in [3.8, 4) is 6.07 Å². The van der Waals surface area contributed by atoms with Crippen LogP contribution < -0.4 is 10.6 Å². The number of pyridine rings is 1. The lowest BCUT2D eigenvalue weighted by atomic mass is 10.0. The van der Waals surface area contributed by atoms with Crippen molar-refractivity contribution < 1.29 is 0 Å². The van der Waals surface area contributed by atoms with E-state index in [1.54, 1.807) is 12.3 Å². The second kappa shape index (κ2) is 5.05. The lowest BCUT2D eigenvalue weighted by Crippen LogP contribution is -2.26. The first-order chi connectivity index (χ1) is 8.20. The lowest BCUT2D eigenvalue weighted by Gasteiger charge is -2.22. The van der Waals surface area contributed by atoms with E-state index in [1.807, 2.05) is 0 Å². The Morgan fingerprint density at radius 2 is 2.29 bits per heavy atom. The third-order valence-corrected chi connectivity index (χ3v) is 3.32. The predicted molar refractivity (Wildman–Crippen MR) is 68.6 cm³/mol. The molecule has 0 aromatic carbocycles. The van der Waals surface area contributed by atoms with E-state index in [0.717, 1.165) is 37.7 Å². The van der Waals surface area contributed by atoms with Crippen LogP contribution in [0.25, 0.3) is 0 Å². The van der Waals surface area contributed by atoms with E-state index in [1.165, 1.54) is 6.42 Å². The summed E-state index contributed by atoms with van der Waals surface area (Å²) in [5, 5.41) is 9.12. The molecule has 0 amide bonds. The van der Waals surface area contributed by atoms with Gasteiger partial charge in [-0.2, -0.15) is 5.26 Å². The van der Waals surface area contributed by atoms with Gasteiger partial charge in [0.1, 0.15) is 11.9 Å². The van der Waals surface area contributed by atoms with Gasteiger partial charge in [0.2, 0.25) is 0 Å². The lowest BCUT2D eigenvalue weighted by molar-refractivity contribution is 0.521. The molecule has 1 aliphatic rings. The molecule has 2 heterocycles. The van der Waals surface area contributed by atoms with E-state index in [0.29, 0.717) is 11.3 Å². The van der Waals surface area contributed by atoms with Crippen molar-refractivity contribution in [2.24, 2.45) is 5.92 Å². The number of rotatable bonds is 1. The topological polar surface area (TPSA) is 65.9 Å². The molecule has 0 bridgehead atoms. The van der Waals surface area contributed by atoms with Crippen molar-refractivity contribution in [2.45, 2.75) is 26.2 Å². The van der Waals surface area contributed by atoms with Gasteiger partial charge < -0.3 is 10.6 Å². The molecule has 1 atom stereocenters. The zero-order chi connectivity index (χ0) is 12.3. The molecule has 0 saturated carbocycles. The minimum absolute atomic E-state index is 0.550. The minimum Gasteiger partial charge on any atom is -0.397 e. The van der Waals surface area contributed by atoms with Crippen molar-refractivity contribution in [2.75, 3.05) is 23.7 Å². The van der Waals surface area contributed by atoms with E-state index >= 15 is 0 Å². The van der Waals surface area contributed by atoms with Crippen molar-refractivity contribution in [1.29, 1.82) is 5.26 Å². The molecule has 2 rings (SSSR count). The molecule has 0 aliphatic carbocycles. The van der Waals surface area contributed by atoms with Gasteiger partial charge in [-0.15, -0.1) is 0 Å². The molecular formula is C13H18N4. The number of aromatic nitrogens is 1. The zero-order valence-corrected chi connectivity index (χ0v) is 10.2. The summed E-state index contributed by atoms with van der Waals surface area (Å²) in [6.45, 7) is 4.24. The van der Waals surface area contributed by atoms with E-state index in [4.69, 9.17) is 11.0 Å². The quantitative estimate of drug-likeness (QED) is 0.803. The molecule has 0 radical (unpaired) electrons. The van der Waals surface area contributed by atoms with Crippen LogP contribution in [0.5, 0.6) is 0 Å². The molecule has 1 aromatic rings. The Bertz CT molecular complexity index is 436. The number of hydrogen-bond donors (Lipinski definition) is 1. The predicted octanol–water partition coefficient (Wildman–Crippen LogP) is 2.16. The van der Waals surface area contributed by atoms with Gasteiger partial charge in [-0.3, -0.25) is 0 Å². The fraction of sp³-hybridized carbons (Fsp3) is 0.538. The standard InChI is InChI=1S/C13H18N4/c1-10-3-2-5-17(6-4-10)13-11(8-14)7-12(15)9-16-13/h7,9-10H,2-6,15H2,1H3. The van der Waals surface area contributed by atoms with Crippen LogP contribution in [0, 0.1) is 17.2 Å². The number of hydrogen-bond acceptors (Lipinski definition) is 4. The summed E-state index contributed by atoms with van der Waals surface area (Å²) >= 11 is 0. The summed E-state index contributed by atoms with van der Waals surface area (Å²) in [4.78, 5) is 6.53. The normalized spacial score (nSPS) is 20.7. The van der Waals surface area contributed by atoms with Crippen LogP contribution in [0.1, 0.15) is 31.7 Å². The smallest absolute Gasteiger partial charge is 0.146 e. The maximum atomic E-state index is 9.12. The van der Waals surface area contributed by atoms with Crippen LogP contribution in [0.3, 0.4) is 0 Å². The number of nitriles is 1. The Labute approximate surface area is 102 Å². The van der Waals surface area contributed by atoms with Gasteiger partial charge in [0, 0.05) is 13.1 Å². The Morgan fingerprint density at radius 1 is 1.47 bits per heavy atom. The van der Waals surface area contributed by atoms with Crippen LogP contribution in [-0.2, 0) is 0 Å². The maximum Gasteiger partial charge on any atom is 0.146 e. The van der Waals surface area contributed by atoms with Crippen LogP contribution in [0.4, 0.5) is 11.5 Å². The van der Waals surface area contributed by atoms with Crippen LogP contribution in [0.15, 0.2) is 12.3 Å². The fourth-order valence-electron chi connectivity index (χ4n) is 2.28. The number of nitrogens with zero attached hydrogens (tertiary/aromatic N) is 3. The summed E-state index contributed by atoms with van der Waals surface area (Å²) in [6.07, 6.45) is 5.22. The molecule has 90 valence electrons. The Balaban J connectivity index is 2.24. The first-order valence-electron chi connectivity index (χ1n) is 6.11. The summed E-state index contributed by atoms with van der Waals surface area (Å²) < 4.78 is 0.